The van der Waals surface area contributed by atoms with Crippen LogP contribution in [0.3, 0.4) is 0 Å². The largest absolute Gasteiger partial charge is 0.329 e. The van der Waals surface area contributed by atoms with Crippen LogP contribution in [-0.4, -0.2) is 39.1 Å². The number of sulfone groups is 1. The van der Waals surface area contributed by atoms with Crippen LogP contribution in [0.15, 0.2) is 0 Å². The van der Waals surface area contributed by atoms with Crippen molar-refractivity contribution in [2.75, 3.05) is 24.6 Å². The molecular formula is C5H12N2O2S. The minimum atomic E-state index is -2.66. The van der Waals surface area contributed by atoms with Gasteiger partial charge < -0.3 is 11.1 Å². The van der Waals surface area contributed by atoms with Gasteiger partial charge in [0.25, 0.3) is 0 Å². The van der Waals surface area contributed by atoms with Gasteiger partial charge in [-0.15, -0.1) is 0 Å². The first-order valence-corrected chi connectivity index (χ1v) is 5.10. The van der Waals surface area contributed by atoms with E-state index in [1.165, 1.54) is 0 Å². The SMILES string of the molecule is NCCNC1CS(=O)(=O)C1. The highest BCUT2D eigenvalue weighted by Crippen LogP contribution is 2.09. The molecule has 60 valence electrons. The van der Waals surface area contributed by atoms with Gasteiger partial charge in [0.15, 0.2) is 9.84 Å². The zero-order valence-electron chi connectivity index (χ0n) is 5.71. The maximum atomic E-state index is 10.6. The average molecular weight is 164 g/mol. The van der Waals surface area contributed by atoms with Crippen molar-refractivity contribution in [2.24, 2.45) is 5.73 Å². The molecule has 0 unspecified atom stereocenters. The Hall–Kier alpha value is -0.130. The summed E-state index contributed by atoms with van der Waals surface area (Å²) in [6.07, 6.45) is 0. The Morgan fingerprint density at radius 1 is 1.50 bits per heavy atom. The number of nitrogens with two attached hydrogens (primary N) is 1. The van der Waals surface area contributed by atoms with E-state index < -0.39 is 9.84 Å². The highest BCUT2D eigenvalue weighted by molar-refractivity contribution is 7.92. The smallest absolute Gasteiger partial charge is 0.153 e. The van der Waals surface area contributed by atoms with Crippen molar-refractivity contribution in [1.82, 2.24) is 5.32 Å². The van der Waals surface area contributed by atoms with Crippen LogP contribution in [0, 0.1) is 0 Å². The normalized spacial score (nSPS) is 24.1. The highest BCUT2D eigenvalue weighted by Gasteiger charge is 2.32. The van der Waals surface area contributed by atoms with Crippen LogP contribution in [0.25, 0.3) is 0 Å². The summed E-state index contributed by atoms with van der Waals surface area (Å²) in [4.78, 5) is 0. The topological polar surface area (TPSA) is 72.2 Å². The van der Waals surface area contributed by atoms with E-state index in [1.54, 1.807) is 0 Å². The van der Waals surface area contributed by atoms with E-state index in [2.05, 4.69) is 5.32 Å². The molecule has 0 aromatic rings. The maximum absolute atomic E-state index is 10.6. The lowest BCUT2D eigenvalue weighted by atomic mass is 10.4. The quantitative estimate of drug-likeness (QED) is 0.523. The minimum Gasteiger partial charge on any atom is -0.329 e. The first kappa shape index (κ1) is 7.97. The van der Waals surface area contributed by atoms with Gasteiger partial charge in [0.1, 0.15) is 0 Å². The zero-order valence-corrected chi connectivity index (χ0v) is 6.52. The van der Waals surface area contributed by atoms with E-state index in [4.69, 9.17) is 5.73 Å². The Kier molecular flexibility index (Phi) is 2.28. The molecule has 1 rings (SSSR count). The molecule has 5 heteroatoms. The summed E-state index contributed by atoms with van der Waals surface area (Å²) in [7, 11) is -2.66. The Morgan fingerprint density at radius 2 is 2.10 bits per heavy atom. The van der Waals surface area contributed by atoms with Gasteiger partial charge in [-0.1, -0.05) is 0 Å². The molecule has 10 heavy (non-hydrogen) atoms. The molecule has 0 aromatic carbocycles. The Balaban J connectivity index is 2.15. The molecule has 1 fully saturated rings. The predicted octanol–water partition coefficient (Wildman–Crippen LogP) is -1.67. The van der Waals surface area contributed by atoms with E-state index in [1.807, 2.05) is 0 Å². The van der Waals surface area contributed by atoms with Crippen molar-refractivity contribution in [3.05, 3.63) is 0 Å². The number of hydrogen-bond acceptors (Lipinski definition) is 4. The fourth-order valence-electron chi connectivity index (χ4n) is 0.970. The van der Waals surface area contributed by atoms with Gasteiger partial charge in [-0.3, -0.25) is 0 Å². The Labute approximate surface area is 60.7 Å². The average Bonchev–Trinajstić information content (AvgIpc) is 1.78. The summed E-state index contributed by atoms with van der Waals surface area (Å²) in [5.41, 5.74) is 5.21. The molecule has 3 N–H and O–H groups in total. The summed E-state index contributed by atoms with van der Waals surface area (Å²) in [5.74, 6) is 0.569. The molecule has 1 saturated heterocycles. The third-order valence-electron chi connectivity index (χ3n) is 1.49. The minimum absolute atomic E-state index is 0.161. The molecule has 1 aliphatic heterocycles. The van der Waals surface area contributed by atoms with E-state index >= 15 is 0 Å². The van der Waals surface area contributed by atoms with Crippen molar-refractivity contribution in [1.29, 1.82) is 0 Å². The maximum Gasteiger partial charge on any atom is 0.153 e. The summed E-state index contributed by atoms with van der Waals surface area (Å²) in [6, 6.07) is 0.161. The molecule has 1 aliphatic rings. The Bertz CT molecular complexity index is 188. The van der Waals surface area contributed by atoms with Gasteiger partial charge in [0, 0.05) is 19.1 Å². The van der Waals surface area contributed by atoms with Crippen molar-refractivity contribution < 1.29 is 8.42 Å². The van der Waals surface area contributed by atoms with Crippen LogP contribution in [0.2, 0.25) is 0 Å². The van der Waals surface area contributed by atoms with Crippen molar-refractivity contribution >= 4 is 9.84 Å². The van der Waals surface area contributed by atoms with Crippen molar-refractivity contribution in [3.63, 3.8) is 0 Å². The molecule has 0 aliphatic carbocycles. The fraction of sp³-hybridized carbons (Fsp3) is 1.00. The van der Waals surface area contributed by atoms with Crippen molar-refractivity contribution in [2.45, 2.75) is 6.04 Å². The lowest BCUT2D eigenvalue weighted by Crippen LogP contribution is -2.52. The molecule has 1 heterocycles. The van der Waals surface area contributed by atoms with Gasteiger partial charge in [0.2, 0.25) is 0 Å². The van der Waals surface area contributed by atoms with Crippen LogP contribution in [0.5, 0.6) is 0 Å². The number of nitrogens with one attached hydrogen (secondary N) is 1. The molecule has 4 nitrogen and oxygen atoms in total. The van der Waals surface area contributed by atoms with E-state index in [0.29, 0.717) is 13.1 Å². The molecule has 0 radical (unpaired) electrons. The Morgan fingerprint density at radius 3 is 2.50 bits per heavy atom. The van der Waals surface area contributed by atoms with Crippen LogP contribution in [0.4, 0.5) is 0 Å². The molecule has 0 saturated carbocycles. The molecule has 0 amide bonds. The van der Waals surface area contributed by atoms with Gasteiger partial charge in [-0.05, 0) is 0 Å². The third kappa shape index (κ3) is 1.93. The zero-order chi connectivity index (χ0) is 7.61. The lowest BCUT2D eigenvalue weighted by molar-refractivity contribution is 0.516. The second-order valence-electron chi connectivity index (χ2n) is 2.52. The van der Waals surface area contributed by atoms with Crippen LogP contribution in [0.1, 0.15) is 0 Å². The van der Waals surface area contributed by atoms with Gasteiger partial charge >= 0.3 is 0 Å². The monoisotopic (exact) mass is 164 g/mol. The van der Waals surface area contributed by atoms with Gasteiger partial charge in [-0.2, -0.15) is 0 Å². The van der Waals surface area contributed by atoms with Crippen molar-refractivity contribution in [3.8, 4) is 0 Å². The van der Waals surface area contributed by atoms with Crippen LogP contribution in [-0.2, 0) is 9.84 Å². The summed E-state index contributed by atoms with van der Waals surface area (Å²) < 4.78 is 21.2. The van der Waals surface area contributed by atoms with E-state index in [-0.39, 0.29) is 17.5 Å². The summed E-state index contributed by atoms with van der Waals surface area (Å²) >= 11 is 0. The molecule has 0 aromatic heterocycles. The van der Waals surface area contributed by atoms with Crippen LogP contribution < -0.4 is 11.1 Å². The second-order valence-corrected chi connectivity index (χ2v) is 4.67. The second kappa shape index (κ2) is 2.86. The van der Waals surface area contributed by atoms with E-state index in [0.717, 1.165) is 0 Å². The molecule has 0 atom stereocenters. The summed E-state index contributed by atoms with van der Waals surface area (Å²) in [5, 5.41) is 3.02. The fourth-order valence-corrected chi connectivity index (χ4v) is 2.33. The highest BCUT2D eigenvalue weighted by atomic mass is 32.2. The molecule has 0 spiro atoms. The van der Waals surface area contributed by atoms with Crippen LogP contribution >= 0.6 is 0 Å². The standard InChI is InChI=1S/C5H12N2O2S/c6-1-2-7-5-3-10(8,9)4-5/h5,7H,1-4,6H2. The third-order valence-corrected chi connectivity index (χ3v) is 3.31. The van der Waals surface area contributed by atoms with E-state index in [9.17, 15) is 8.42 Å². The van der Waals surface area contributed by atoms with Gasteiger partial charge in [0.05, 0.1) is 11.5 Å². The first-order valence-electron chi connectivity index (χ1n) is 3.28. The lowest BCUT2D eigenvalue weighted by Gasteiger charge is -2.26. The first-order chi connectivity index (χ1) is 4.64. The molecule has 0 bridgehead atoms. The van der Waals surface area contributed by atoms with Gasteiger partial charge in [-0.25, -0.2) is 8.42 Å². The number of rotatable bonds is 3. The number of hydrogen-bond donors (Lipinski definition) is 2. The predicted molar refractivity (Wildman–Crippen MR) is 39.5 cm³/mol. The molecular weight excluding hydrogens is 152 g/mol. The summed E-state index contributed by atoms with van der Waals surface area (Å²) in [6.45, 7) is 1.27.